The molecule has 1 amide bonds. The van der Waals surface area contributed by atoms with Gasteiger partial charge >= 0.3 is 0 Å². The van der Waals surface area contributed by atoms with Gasteiger partial charge in [0.05, 0.1) is 6.20 Å². The minimum atomic E-state index is -0.336. The second-order valence-corrected chi connectivity index (χ2v) is 5.58. The van der Waals surface area contributed by atoms with Crippen LogP contribution < -0.4 is 5.32 Å². The molecule has 6 nitrogen and oxygen atoms in total. The predicted molar refractivity (Wildman–Crippen MR) is 87.5 cm³/mol. The molecule has 2 aromatic heterocycles. The lowest BCUT2D eigenvalue weighted by atomic mass is 10.1. The van der Waals surface area contributed by atoms with Crippen molar-refractivity contribution in [1.82, 2.24) is 15.0 Å². The van der Waals surface area contributed by atoms with Crippen LogP contribution in [0.2, 0.25) is 0 Å². The van der Waals surface area contributed by atoms with Crippen molar-refractivity contribution in [3.05, 3.63) is 59.5 Å². The fourth-order valence-electron chi connectivity index (χ4n) is 1.92. The van der Waals surface area contributed by atoms with E-state index in [0.29, 0.717) is 27.6 Å². The van der Waals surface area contributed by atoms with Crippen molar-refractivity contribution in [1.29, 1.82) is 0 Å². The van der Waals surface area contributed by atoms with Gasteiger partial charge in [-0.15, -0.1) is 11.3 Å². The summed E-state index contributed by atoms with van der Waals surface area (Å²) in [5.41, 5.74) is 2.01. The Morgan fingerprint density at radius 1 is 1.22 bits per heavy atom. The molecule has 0 spiro atoms. The standard InChI is InChI=1S/C16H12N4O2S/c1-10(21)11-3-2-4-12(7-11)19-15(22)14-9-23-16(20-14)13-8-17-5-6-18-13/h2-9H,1H3,(H,19,22). The molecule has 1 N–H and O–H groups in total. The molecule has 7 heteroatoms. The van der Waals surface area contributed by atoms with Crippen LogP contribution >= 0.6 is 11.3 Å². The number of benzene rings is 1. The van der Waals surface area contributed by atoms with Crippen molar-refractivity contribution in [3.63, 3.8) is 0 Å². The molecular formula is C16H12N4O2S. The fourth-order valence-corrected chi connectivity index (χ4v) is 2.68. The maximum atomic E-state index is 12.3. The summed E-state index contributed by atoms with van der Waals surface area (Å²) in [5, 5.41) is 5.02. The maximum Gasteiger partial charge on any atom is 0.275 e. The van der Waals surface area contributed by atoms with E-state index in [1.807, 2.05) is 0 Å². The highest BCUT2D eigenvalue weighted by Crippen LogP contribution is 2.21. The second kappa shape index (κ2) is 6.45. The molecule has 1 aromatic carbocycles. The molecule has 0 aliphatic heterocycles. The molecule has 0 unspecified atom stereocenters. The van der Waals surface area contributed by atoms with Gasteiger partial charge in [-0.25, -0.2) is 4.98 Å². The molecule has 23 heavy (non-hydrogen) atoms. The molecule has 0 saturated carbocycles. The molecule has 0 aliphatic carbocycles. The first-order valence-corrected chi connectivity index (χ1v) is 7.66. The number of amides is 1. The van der Waals surface area contributed by atoms with E-state index >= 15 is 0 Å². The number of nitrogens with one attached hydrogen (secondary N) is 1. The molecule has 0 fully saturated rings. The van der Waals surface area contributed by atoms with Gasteiger partial charge in [-0.1, -0.05) is 12.1 Å². The predicted octanol–water partition coefficient (Wildman–Crippen LogP) is 3.06. The average Bonchev–Trinajstić information content (AvgIpc) is 3.06. The highest BCUT2D eigenvalue weighted by Gasteiger charge is 2.13. The lowest BCUT2D eigenvalue weighted by Crippen LogP contribution is -2.12. The summed E-state index contributed by atoms with van der Waals surface area (Å²) in [7, 11) is 0. The number of rotatable bonds is 4. The van der Waals surface area contributed by atoms with Crippen molar-refractivity contribution < 1.29 is 9.59 Å². The average molecular weight is 324 g/mol. The zero-order valence-corrected chi connectivity index (χ0v) is 13.0. The van der Waals surface area contributed by atoms with E-state index in [1.165, 1.54) is 18.3 Å². The third kappa shape index (κ3) is 3.46. The van der Waals surface area contributed by atoms with Crippen LogP contribution in [0.3, 0.4) is 0 Å². The molecule has 0 radical (unpaired) electrons. The van der Waals surface area contributed by atoms with Gasteiger partial charge in [-0.05, 0) is 19.1 Å². The quantitative estimate of drug-likeness (QED) is 0.746. The summed E-state index contributed by atoms with van der Waals surface area (Å²) in [6, 6.07) is 6.78. The number of Topliss-reactive ketones (excluding diaryl/α,β-unsaturated/α-hetero) is 1. The molecular weight excluding hydrogens is 312 g/mol. The first kappa shape index (κ1) is 15.0. The Morgan fingerprint density at radius 3 is 2.83 bits per heavy atom. The van der Waals surface area contributed by atoms with Crippen molar-refractivity contribution in [2.45, 2.75) is 6.92 Å². The van der Waals surface area contributed by atoms with Crippen molar-refractivity contribution in [2.75, 3.05) is 5.32 Å². The van der Waals surface area contributed by atoms with Gasteiger partial charge in [0, 0.05) is 29.0 Å². The minimum absolute atomic E-state index is 0.0558. The molecule has 0 aliphatic rings. The lowest BCUT2D eigenvalue weighted by molar-refractivity contribution is 0.100. The number of hydrogen-bond acceptors (Lipinski definition) is 6. The van der Waals surface area contributed by atoms with Gasteiger partial charge in [0.1, 0.15) is 16.4 Å². The van der Waals surface area contributed by atoms with E-state index in [-0.39, 0.29) is 11.7 Å². The van der Waals surface area contributed by atoms with Gasteiger partial charge in [0.25, 0.3) is 5.91 Å². The molecule has 114 valence electrons. The van der Waals surface area contributed by atoms with Crippen molar-refractivity contribution >= 4 is 28.7 Å². The smallest absolute Gasteiger partial charge is 0.275 e. The van der Waals surface area contributed by atoms with Crippen LogP contribution in [0.5, 0.6) is 0 Å². The summed E-state index contributed by atoms with van der Waals surface area (Å²) in [6.45, 7) is 1.48. The Bertz CT molecular complexity index is 861. The molecule has 3 aromatic rings. The first-order valence-electron chi connectivity index (χ1n) is 6.78. The van der Waals surface area contributed by atoms with E-state index in [9.17, 15) is 9.59 Å². The van der Waals surface area contributed by atoms with Crippen LogP contribution in [-0.2, 0) is 0 Å². The van der Waals surface area contributed by atoms with Crippen LogP contribution in [0.25, 0.3) is 10.7 Å². The maximum absolute atomic E-state index is 12.3. The van der Waals surface area contributed by atoms with Crippen molar-refractivity contribution in [3.8, 4) is 10.7 Å². The van der Waals surface area contributed by atoms with Crippen molar-refractivity contribution in [2.24, 2.45) is 0 Å². The Hall–Kier alpha value is -2.93. The normalized spacial score (nSPS) is 10.3. The summed E-state index contributed by atoms with van der Waals surface area (Å²) in [5.74, 6) is -0.392. The zero-order valence-electron chi connectivity index (χ0n) is 12.2. The highest BCUT2D eigenvalue weighted by atomic mass is 32.1. The highest BCUT2D eigenvalue weighted by molar-refractivity contribution is 7.13. The van der Waals surface area contributed by atoms with Crippen LogP contribution in [0.4, 0.5) is 5.69 Å². The number of carbonyl (C=O) groups excluding carboxylic acids is 2. The molecule has 2 heterocycles. The van der Waals surface area contributed by atoms with Crippen LogP contribution in [0, 0.1) is 0 Å². The fraction of sp³-hybridized carbons (Fsp3) is 0.0625. The minimum Gasteiger partial charge on any atom is -0.321 e. The second-order valence-electron chi connectivity index (χ2n) is 4.72. The topological polar surface area (TPSA) is 84.8 Å². The SMILES string of the molecule is CC(=O)c1cccc(NC(=O)c2csc(-c3cnccn3)n2)c1. The molecule has 3 rings (SSSR count). The van der Waals surface area contributed by atoms with Crippen LogP contribution in [-0.4, -0.2) is 26.6 Å². The summed E-state index contributed by atoms with van der Waals surface area (Å²) in [6.07, 6.45) is 4.74. The number of thiazole rings is 1. The zero-order chi connectivity index (χ0) is 16.2. The summed E-state index contributed by atoms with van der Waals surface area (Å²) in [4.78, 5) is 36.0. The van der Waals surface area contributed by atoms with Gasteiger partial charge < -0.3 is 5.32 Å². The largest absolute Gasteiger partial charge is 0.321 e. The molecule has 0 atom stereocenters. The van der Waals surface area contributed by atoms with E-state index in [1.54, 1.807) is 48.2 Å². The summed E-state index contributed by atoms with van der Waals surface area (Å²) >= 11 is 1.32. The lowest BCUT2D eigenvalue weighted by Gasteiger charge is -2.04. The Balaban J connectivity index is 1.78. The van der Waals surface area contributed by atoms with Gasteiger partial charge in [0.15, 0.2) is 5.78 Å². The van der Waals surface area contributed by atoms with Gasteiger partial charge in [-0.3, -0.25) is 19.6 Å². The Kier molecular flexibility index (Phi) is 4.20. The number of nitrogens with zero attached hydrogens (tertiary/aromatic N) is 3. The van der Waals surface area contributed by atoms with Crippen LogP contribution in [0.15, 0.2) is 48.2 Å². The molecule has 0 bridgehead atoms. The molecule has 0 saturated heterocycles. The Labute approximate surface area is 136 Å². The van der Waals surface area contributed by atoms with Gasteiger partial charge in [0.2, 0.25) is 0 Å². The number of hydrogen-bond donors (Lipinski definition) is 1. The van der Waals surface area contributed by atoms with E-state index in [0.717, 1.165) is 0 Å². The van der Waals surface area contributed by atoms with Crippen LogP contribution in [0.1, 0.15) is 27.8 Å². The number of anilines is 1. The number of carbonyl (C=O) groups is 2. The first-order chi connectivity index (χ1) is 11.1. The number of aromatic nitrogens is 3. The number of ketones is 1. The monoisotopic (exact) mass is 324 g/mol. The third-order valence-electron chi connectivity index (χ3n) is 3.05. The van der Waals surface area contributed by atoms with E-state index in [2.05, 4.69) is 20.3 Å². The van der Waals surface area contributed by atoms with Gasteiger partial charge in [-0.2, -0.15) is 0 Å². The van der Waals surface area contributed by atoms with E-state index in [4.69, 9.17) is 0 Å². The van der Waals surface area contributed by atoms with E-state index < -0.39 is 0 Å². The summed E-state index contributed by atoms with van der Waals surface area (Å²) < 4.78 is 0. The Morgan fingerprint density at radius 2 is 2.09 bits per heavy atom. The third-order valence-corrected chi connectivity index (χ3v) is 3.91.